The van der Waals surface area contributed by atoms with Gasteiger partial charge in [0, 0.05) is 36.5 Å². The first-order valence-electron chi connectivity index (χ1n) is 10.4. The van der Waals surface area contributed by atoms with Gasteiger partial charge in [-0.2, -0.15) is 0 Å². The Morgan fingerprint density at radius 2 is 2.10 bits per heavy atom. The summed E-state index contributed by atoms with van der Waals surface area (Å²) in [6.07, 6.45) is 0.934. The van der Waals surface area contributed by atoms with E-state index in [0.29, 0.717) is 6.54 Å². The molecule has 3 atom stereocenters. The van der Waals surface area contributed by atoms with Gasteiger partial charge in [-0.05, 0) is 36.4 Å². The lowest BCUT2D eigenvalue weighted by Crippen LogP contribution is -2.42. The zero-order chi connectivity index (χ0) is 20.1. The molecular weight excluding hydrogens is 387 g/mol. The zero-order valence-electron chi connectivity index (χ0n) is 16.8. The van der Waals surface area contributed by atoms with Crippen LogP contribution in [0.5, 0.6) is 0 Å². The molecule has 1 saturated heterocycles. The Bertz CT molecular complexity index is 807. The fourth-order valence-corrected chi connectivity index (χ4v) is 4.75. The molecule has 3 unspecified atom stereocenters. The molecule has 1 aromatic heterocycles. The van der Waals surface area contributed by atoms with E-state index < -0.39 is 0 Å². The molecule has 7 heteroatoms. The van der Waals surface area contributed by atoms with E-state index in [1.54, 1.807) is 17.4 Å². The molecule has 2 fully saturated rings. The molecule has 4 rings (SSSR count). The molecule has 29 heavy (non-hydrogen) atoms. The third-order valence-electron chi connectivity index (χ3n) is 5.54. The molecule has 1 aliphatic heterocycles. The highest BCUT2D eigenvalue weighted by Crippen LogP contribution is 2.41. The molecule has 0 spiro atoms. The Morgan fingerprint density at radius 3 is 2.83 bits per heavy atom. The van der Waals surface area contributed by atoms with Gasteiger partial charge >= 0.3 is 0 Å². The van der Waals surface area contributed by atoms with E-state index in [9.17, 15) is 4.39 Å². The quantitative estimate of drug-likeness (QED) is 0.537. The number of ether oxygens (including phenoxy) is 1. The zero-order valence-corrected chi connectivity index (χ0v) is 17.6. The minimum atomic E-state index is -0.117. The normalized spacial score (nSPS) is 23.6. The summed E-state index contributed by atoms with van der Waals surface area (Å²) in [5, 5.41) is 8.98. The van der Waals surface area contributed by atoms with Crippen LogP contribution in [0.3, 0.4) is 0 Å². The Labute approximate surface area is 176 Å². The van der Waals surface area contributed by atoms with Gasteiger partial charge in [-0.15, -0.1) is 11.3 Å². The van der Waals surface area contributed by atoms with Crippen LogP contribution in [-0.4, -0.2) is 56.3 Å². The van der Waals surface area contributed by atoms with Crippen molar-refractivity contribution in [3.63, 3.8) is 0 Å². The number of halogens is 1. The SMILES string of the molecule is CCNC(=NCC(c1cccs1)N1CCOCC1)NC1CC1c1ccccc1F. The third-order valence-corrected chi connectivity index (χ3v) is 6.52. The number of rotatable bonds is 7. The first-order chi connectivity index (χ1) is 14.3. The molecule has 156 valence electrons. The first-order valence-corrected chi connectivity index (χ1v) is 11.3. The van der Waals surface area contributed by atoms with Gasteiger partial charge < -0.3 is 15.4 Å². The van der Waals surface area contributed by atoms with Crippen LogP contribution < -0.4 is 10.6 Å². The molecule has 5 nitrogen and oxygen atoms in total. The summed E-state index contributed by atoms with van der Waals surface area (Å²) in [6.45, 7) is 6.96. The van der Waals surface area contributed by atoms with Gasteiger partial charge in [0.05, 0.1) is 25.8 Å². The Morgan fingerprint density at radius 1 is 1.28 bits per heavy atom. The topological polar surface area (TPSA) is 48.9 Å². The van der Waals surface area contributed by atoms with Gasteiger partial charge in [0.2, 0.25) is 0 Å². The predicted octanol–water partition coefficient (Wildman–Crippen LogP) is 3.37. The van der Waals surface area contributed by atoms with Crippen molar-refractivity contribution >= 4 is 17.3 Å². The lowest BCUT2D eigenvalue weighted by molar-refractivity contribution is 0.0186. The average Bonchev–Trinajstić information content (AvgIpc) is 3.28. The molecular formula is C22H29FN4OS. The maximum absolute atomic E-state index is 14.1. The molecule has 1 saturated carbocycles. The molecule has 2 heterocycles. The van der Waals surface area contributed by atoms with Crippen molar-refractivity contribution in [1.82, 2.24) is 15.5 Å². The highest BCUT2D eigenvalue weighted by molar-refractivity contribution is 7.10. The Hall–Kier alpha value is -1.96. The number of nitrogens with zero attached hydrogens (tertiary/aromatic N) is 2. The second-order valence-corrected chi connectivity index (χ2v) is 8.49. The van der Waals surface area contributed by atoms with Gasteiger partial charge in [-0.1, -0.05) is 24.3 Å². The minimum Gasteiger partial charge on any atom is -0.379 e. The summed E-state index contributed by atoms with van der Waals surface area (Å²) in [7, 11) is 0. The fourth-order valence-electron chi connectivity index (χ4n) is 3.90. The summed E-state index contributed by atoms with van der Waals surface area (Å²) >= 11 is 1.78. The standard InChI is InChI=1S/C22H29FN4OS/c1-2-24-22(26-19-14-17(19)16-6-3-4-7-18(16)23)25-15-20(21-8-5-13-29-21)27-9-11-28-12-10-27/h3-8,13,17,19-20H,2,9-12,14-15H2,1H3,(H2,24,25,26). The van der Waals surface area contributed by atoms with Gasteiger partial charge in [-0.3, -0.25) is 9.89 Å². The molecule has 0 bridgehead atoms. The second kappa shape index (κ2) is 9.69. The van der Waals surface area contributed by atoms with Crippen molar-refractivity contribution < 1.29 is 9.13 Å². The molecule has 2 aromatic rings. The van der Waals surface area contributed by atoms with Crippen LogP contribution in [0.2, 0.25) is 0 Å². The maximum atomic E-state index is 14.1. The Balaban J connectivity index is 1.42. The lowest BCUT2D eigenvalue weighted by atomic mass is 10.1. The van der Waals surface area contributed by atoms with E-state index in [0.717, 1.165) is 50.8 Å². The summed E-state index contributed by atoms with van der Waals surface area (Å²) in [4.78, 5) is 8.70. The van der Waals surface area contributed by atoms with E-state index in [-0.39, 0.29) is 23.8 Å². The highest BCUT2D eigenvalue weighted by atomic mass is 32.1. The van der Waals surface area contributed by atoms with Gasteiger partial charge in [0.1, 0.15) is 5.82 Å². The molecule has 1 aromatic carbocycles. The van der Waals surface area contributed by atoms with Gasteiger partial charge in [0.15, 0.2) is 5.96 Å². The number of guanidine groups is 1. The summed E-state index contributed by atoms with van der Waals surface area (Å²) < 4.78 is 19.6. The van der Waals surface area contributed by atoms with Crippen molar-refractivity contribution in [2.24, 2.45) is 4.99 Å². The van der Waals surface area contributed by atoms with Crippen LogP contribution in [0.25, 0.3) is 0 Å². The third kappa shape index (κ3) is 5.15. The summed E-state index contributed by atoms with van der Waals surface area (Å²) in [5.74, 6) is 0.910. The van der Waals surface area contributed by atoms with Crippen LogP contribution in [-0.2, 0) is 4.74 Å². The van der Waals surface area contributed by atoms with Crippen molar-refractivity contribution in [3.8, 4) is 0 Å². The number of morpholine rings is 1. The average molecular weight is 417 g/mol. The Kier molecular flexibility index (Phi) is 6.79. The summed E-state index contributed by atoms with van der Waals surface area (Å²) in [5.41, 5.74) is 0.797. The van der Waals surface area contributed by atoms with Crippen molar-refractivity contribution in [2.75, 3.05) is 39.4 Å². The smallest absolute Gasteiger partial charge is 0.191 e. The van der Waals surface area contributed by atoms with Crippen molar-refractivity contribution in [1.29, 1.82) is 0 Å². The minimum absolute atomic E-state index is 0.117. The van der Waals surface area contributed by atoms with Crippen LogP contribution in [0.15, 0.2) is 46.8 Å². The predicted molar refractivity (Wildman–Crippen MR) is 116 cm³/mol. The fraction of sp³-hybridized carbons (Fsp3) is 0.500. The molecule has 2 aliphatic rings. The highest BCUT2D eigenvalue weighted by Gasteiger charge is 2.40. The monoisotopic (exact) mass is 416 g/mol. The second-order valence-electron chi connectivity index (χ2n) is 7.51. The van der Waals surface area contributed by atoms with E-state index in [1.165, 1.54) is 10.9 Å². The summed E-state index contributed by atoms with van der Waals surface area (Å²) in [6, 6.07) is 11.9. The number of nitrogens with one attached hydrogen (secondary N) is 2. The molecule has 1 aliphatic carbocycles. The maximum Gasteiger partial charge on any atom is 0.191 e. The van der Waals surface area contributed by atoms with E-state index in [2.05, 4.69) is 40.0 Å². The van der Waals surface area contributed by atoms with E-state index in [4.69, 9.17) is 9.73 Å². The van der Waals surface area contributed by atoms with Crippen molar-refractivity contribution in [3.05, 3.63) is 58.0 Å². The number of thiophene rings is 1. The van der Waals surface area contributed by atoms with E-state index >= 15 is 0 Å². The largest absolute Gasteiger partial charge is 0.379 e. The van der Waals surface area contributed by atoms with Gasteiger partial charge in [-0.25, -0.2) is 4.39 Å². The van der Waals surface area contributed by atoms with Crippen LogP contribution in [0.1, 0.15) is 35.7 Å². The molecule has 0 radical (unpaired) electrons. The lowest BCUT2D eigenvalue weighted by Gasteiger charge is -2.33. The van der Waals surface area contributed by atoms with Crippen LogP contribution >= 0.6 is 11.3 Å². The van der Waals surface area contributed by atoms with Crippen molar-refractivity contribution in [2.45, 2.75) is 31.3 Å². The number of aliphatic imine (C=N–C) groups is 1. The number of benzene rings is 1. The van der Waals surface area contributed by atoms with Crippen LogP contribution in [0.4, 0.5) is 4.39 Å². The molecule has 2 N–H and O–H groups in total. The van der Waals surface area contributed by atoms with E-state index in [1.807, 2.05) is 12.1 Å². The van der Waals surface area contributed by atoms with Gasteiger partial charge in [0.25, 0.3) is 0 Å². The number of hydrogen-bond donors (Lipinski definition) is 2. The van der Waals surface area contributed by atoms with Crippen LogP contribution in [0, 0.1) is 5.82 Å². The molecule has 0 amide bonds. The number of hydrogen-bond acceptors (Lipinski definition) is 4. The first kappa shape index (κ1) is 20.3.